The minimum Gasteiger partial charge on any atom is -0.480 e. The van der Waals surface area contributed by atoms with Gasteiger partial charge in [0.15, 0.2) is 6.04 Å². The van der Waals surface area contributed by atoms with Gasteiger partial charge in [0.05, 0.1) is 5.60 Å². The summed E-state index contributed by atoms with van der Waals surface area (Å²) in [6.45, 7) is 7.42. The Labute approximate surface area is 109 Å². The van der Waals surface area contributed by atoms with Crippen molar-refractivity contribution in [3.63, 3.8) is 0 Å². The van der Waals surface area contributed by atoms with E-state index in [0.717, 1.165) is 30.7 Å². The van der Waals surface area contributed by atoms with E-state index in [4.69, 9.17) is 9.94 Å². The van der Waals surface area contributed by atoms with Crippen LogP contribution in [0.3, 0.4) is 0 Å². The molecule has 0 unspecified atom stereocenters. The molecule has 0 aromatic carbocycles. The second-order valence-electron chi connectivity index (χ2n) is 5.37. The number of carbonyl (C=O) groups excluding carboxylic acids is 1. The van der Waals surface area contributed by atoms with E-state index in [2.05, 4.69) is 6.92 Å². The molecular formula is C13H25NO4. The van der Waals surface area contributed by atoms with Crippen LogP contribution < -0.4 is 0 Å². The Morgan fingerprint density at radius 1 is 1.33 bits per heavy atom. The van der Waals surface area contributed by atoms with Crippen LogP contribution in [0.5, 0.6) is 0 Å². The number of amides is 1. The number of aliphatic carboxylic acids is 1. The second-order valence-corrected chi connectivity index (χ2v) is 5.37. The number of rotatable bonds is 9. The molecule has 1 atom stereocenters. The number of carboxylic acid groups (broad SMARTS) is 1. The molecule has 0 saturated carbocycles. The molecule has 0 rings (SSSR count). The molecule has 1 amide bonds. The van der Waals surface area contributed by atoms with Crippen LogP contribution in [0.25, 0.3) is 0 Å². The predicted octanol–water partition coefficient (Wildman–Crippen LogP) is 2.60. The maximum Gasteiger partial charge on any atom is 0.329 e. The molecule has 0 spiro atoms. The summed E-state index contributed by atoms with van der Waals surface area (Å²) in [5.74, 6) is -1.03. The van der Waals surface area contributed by atoms with Crippen molar-refractivity contribution in [3.8, 4) is 0 Å². The summed E-state index contributed by atoms with van der Waals surface area (Å²) in [4.78, 5) is 27.5. The third kappa shape index (κ3) is 7.27. The summed E-state index contributed by atoms with van der Waals surface area (Å²) >= 11 is 0. The summed E-state index contributed by atoms with van der Waals surface area (Å²) in [6, 6.07) is -0.904. The molecule has 0 aliphatic heterocycles. The van der Waals surface area contributed by atoms with Crippen molar-refractivity contribution in [2.24, 2.45) is 0 Å². The lowest BCUT2D eigenvalue weighted by Gasteiger charge is -2.30. The van der Waals surface area contributed by atoms with Crippen molar-refractivity contribution in [2.45, 2.75) is 71.4 Å². The monoisotopic (exact) mass is 259 g/mol. The van der Waals surface area contributed by atoms with Crippen molar-refractivity contribution in [1.82, 2.24) is 5.06 Å². The first-order valence-corrected chi connectivity index (χ1v) is 6.47. The van der Waals surface area contributed by atoms with Crippen LogP contribution in [0.1, 0.15) is 59.8 Å². The van der Waals surface area contributed by atoms with Gasteiger partial charge in [0.25, 0.3) is 0 Å². The molecule has 106 valence electrons. The van der Waals surface area contributed by atoms with Crippen molar-refractivity contribution < 1.29 is 19.5 Å². The quantitative estimate of drug-likeness (QED) is 0.392. The molecule has 0 aromatic heterocycles. The highest BCUT2D eigenvalue weighted by molar-refractivity contribution is 5.75. The maximum atomic E-state index is 11.2. The van der Waals surface area contributed by atoms with Gasteiger partial charge in [-0.3, -0.25) is 9.63 Å². The van der Waals surface area contributed by atoms with Crippen molar-refractivity contribution in [3.05, 3.63) is 0 Å². The highest BCUT2D eigenvalue weighted by atomic mass is 16.7. The molecule has 0 aliphatic carbocycles. The third-order valence-electron chi connectivity index (χ3n) is 2.41. The molecule has 0 bridgehead atoms. The van der Waals surface area contributed by atoms with E-state index < -0.39 is 17.6 Å². The number of unbranched alkanes of at least 4 members (excludes halogenated alkanes) is 3. The summed E-state index contributed by atoms with van der Waals surface area (Å²) < 4.78 is 0. The Balaban J connectivity index is 4.44. The zero-order valence-electron chi connectivity index (χ0n) is 11.8. The normalized spacial score (nSPS) is 13.1. The van der Waals surface area contributed by atoms with Gasteiger partial charge in [-0.1, -0.05) is 32.6 Å². The Kier molecular flexibility index (Phi) is 7.59. The average Bonchev–Trinajstić information content (AvgIpc) is 2.25. The molecule has 0 aliphatic rings. The molecule has 0 aromatic rings. The smallest absolute Gasteiger partial charge is 0.329 e. The molecule has 0 radical (unpaired) electrons. The van der Waals surface area contributed by atoms with Gasteiger partial charge in [0.1, 0.15) is 0 Å². The fraction of sp³-hybridized carbons (Fsp3) is 0.846. The largest absolute Gasteiger partial charge is 0.480 e. The number of hydrogen-bond donors (Lipinski definition) is 1. The lowest BCUT2D eigenvalue weighted by atomic mass is 10.1. The maximum absolute atomic E-state index is 11.2. The van der Waals surface area contributed by atoms with Crippen molar-refractivity contribution in [1.29, 1.82) is 0 Å². The SMILES string of the molecule is CCCCCC[C@@H](C(=O)O)N(C=O)OC(C)(C)C. The fourth-order valence-corrected chi connectivity index (χ4v) is 1.60. The van der Waals surface area contributed by atoms with E-state index in [1.165, 1.54) is 0 Å². The molecule has 5 heteroatoms. The third-order valence-corrected chi connectivity index (χ3v) is 2.41. The lowest BCUT2D eigenvalue weighted by Crippen LogP contribution is -2.44. The second kappa shape index (κ2) is 8.08. The van der Waals surface area contributed by atoms with E-state index in [0.29, 0.717) is 12.8 Å². The first kappa shape index (κ1) is 16.9. The zero-order valence-corrected chi connectivity index (χ0v) is 11.8. The van der Waals surface area contributed by atoms with E-state index >= 15 is 0 Å². The molecule has 5 nitrogen and oxygen atoms in total. The number of hydrogen-bond acceptors (Lipinski definition) is 3. The minimum absolute atomic E-state index is 0.421. The van der Waals surface area contributed by atoms with Crippen LogP contribution in [0.15, 0.2) is 0 Å². The minimum atomic E-state index is -1.03. The zero-order chi connectivity index (χ0) is 14.2. The van der Waals surface area contributed by atoms with Crippen LogP contribution in [-0.2, 0) is 14.4 Å². The van der Waals surface area contributed by atoms with Crippen molar-refractivity contribution in [2.75, 3.05) is 0 Å². The van der Waals surface area contributed by atoms with Gasteiger partial charge >= 0.3 is 5.97 Å². The van der Waals surface area contributed by atoms with E-state index in [1.807, 2.05) is 0 Å². The summed E-state index contributed by atoms with van der Waals surface area (Å²) in [6.07, 6.45) is 4.79. The van der Waals surface area contributed by atoms with E-state index in [1.54, 1.807) is 20.8 Å². The number of nitrogens with zero attached hydrogens (tertiary/aromatic N) is 1. The molecule has 0 heterocycles. The van der Waals surface area contributed by atoms with Crippen LogP contribution in [0.2, 0.25) is 0 Å². The van der Waals surface area contributed by atoms with Gasteiger partial charge in [-0.2, -0.15) is 0 Å². The van der Waals surface area contributed by atoms with Gasteiger partial charge in [-0.25, -0.2) is 9.86 Å². The molecule has 18 heavy (non-hydrogen) atoms. The van der Waals surface area contributed by atoms with Gasteiger partial charge < -0.3 is 5.11 Å². The fourth-order valence-electron chi connectivity index (χ4n) is 1.60. The molecule has 0 fully saturated rings. The molecule has 1 N–H and O–H groups in total. The lowest BCUT2D eigenvalue weighted by molar-refractivity contribution is -0.235. The summed E-state index contributed by atoms with van der Waals surface area (Å²) in [5.41, 5.74) is -0.585. The Morgan fingerprint density at radius 2 is 1.94 bits per heavy atom. The predicted molar refractivity (Wildman–Crippen MR) is 68.9 cm³/mol. The standard InChI is InChI=1S/C13H25NO4/c1-5-6-7-8-9-11(12(16)17)14(10-15)18-13(2,3)4/h10-11H,5-9H2,1-4H3,(H,16,17)/t11-/m0/s1. The first-order valence-electron chi connectivity index (χ1n) is 6.47. The Hall–Kier alpha value is -1.10. The molecule has 0 saturated heterocycles. The van der Waals surface area contributed by atoms with Gasteiger partial charge in [0.2, 0.25) is 6.41 Å². The highest BCUT2D eigenvalue weighted by Gasteiger charge is 2.28. The van der Waals surface area contributed by atoms with Crippen LogP contribution >= 0.6 is 0 Å². The van der Waals surface area contributed by atoms with Crippen LogP contribution in [0.4, 0.5) is 0 Å². The molecular weight excluding hydrogens is 234 g/mol. The number of carboxylic acids is 1. The van der Waals surface area contributed by atoms with Gasteiger partial charge in [-0.05, 0) is 27.2 Å². The van der Waals surface area contributed by atoms with Crippen molar-refractivity contribution >= 4 is 12.4 Å². The van der Waals surface area contributed by atoms with Crippen LogP contribution in [0, 0.1) is 0 Å². The summed E-state index contributed by atoms with van der Waals surface area (Å²) in [7, 11) is 0. The van der Waals surface area contributed by atoms with E-state index in [-0.39, 0.29) is 0 Å². The highest BCUT2D eigenvalue weighted by Crippen LogP contribution is 2.16. The topological polar surface area (TPSA) is 66.8 Å². The van der Waals surface area contributed by atoms with E-state index in [9.17, 15) is 9.59 Å². The van der Waals surface area contributed by atoms with Gasteiger partial charge in [-0.15, -0.1) is 0 Å². The Bertz CT molecular complexity index is 260. The van der Waals surface area contributed by atoms with Crippen LogP contribution in [-0.4, -0.2) is 34.2 Å². The first-order chi connectivity index (χ1) is 8.31. The van der Waals surface area contributed by atoms with Gasteiger partial charge in [0, 0.05) is 0 Å². The summed E-state index contributed by atoms with van der Waals surface area (Å²) in [5, 5.41) is 10.1. The number of hydroxylamine groups is 2. The number of carbonyl (C=O) groups is 2. The average molecular weight is 259 g/mol. The Morgan fingerprint density at radius 3 is 2.33 bits per heavy atom.